The summed E-state index contributed by atoms with van der Waals surface area (Å²) in [5.74, 6) is -1.22. The highest BCUT2D eigenvalue weighted by Gasteiger charge is 2.12. The van der Waals surface area contributed by atoms with Gasteiger partial charge in [0.2, 0.25) is 0 Å². The average Bonchev–Trinajstić information content (AvgIpc) is 2.44. The van der Waals surface area contributed by atoms with E-state index in [1.165, 1.54) is 5.56 Å². The molecule has 110 valence electrons. The van der Waals surface area contributed by atoms with Crippen LogP contribution in [0.3, 0.4) is 0 Å². The molecular weight excluding hydrogens is 254 g/mol. The van der Waals surface area contributed by atoms with Crippen molar-refractivity contribution in [1.82, 2.24) is 10.2 Å². The molecule has 0 radical (unpaired) electrons. The Morgan fingerprint density at radius 3 is 2.30 bits per heavy atom. The topological polar surface area (TPSA) is 61.4 Å². The summed E-state index contributed by atoms with van der Waals surface area (Å²) in [7, 11) is 3.93. The third-order valence-electron chi connectivity index (χ3n) is 2.89. The van der Waals surface area contributed by atoms with Gasteiger partial charge in [0.1, 0.15) is 0 Å². The summed E-state index contributed by atoms with van der Waals surface area (Å²) in [6.07, 6.45) is 1.76. The molecule has 0 aliphatic rings. The summed E-state index contributed by atoms with van der Waals surface area (Å²) in [6.45, 7) is 3.44. The first-order valence-corrected chi connectivity index (χ1v) is 6.85. The molecule has 0 aliphatic carbocycles. The minimum absolute atomic E-state index is 0.499. The number of carbonyl (C=O) groups excluding carboxylic acids is 2. The summed E-state index contributed by atoms with van der Waals surface area (Å²) >= 11 is 0. The van der Waals surface area contributed by atoms with Crippen LogP contribution in [0.5, 0.6) is 0 Å². The van der Waals surface area contributed by atoms with Crippen molar-refractivity contribution in [3.63, 3.8) is 0 Å². The average molecular weight is 277 g/mol. The lowest BCUT2D eigenvalue weighted by molar-refractivity contribution is -0.136. The van der Waals surface area contributed by atoms with Crippen molar-refractivity contribution < 1.29 is 9.59 Å². The van der Waals surface area contributed by atoms with Gasteiger partial charge in [-0.15, -0.1) is 0 Å². The maximum atomic E-state index is 11.7. The van der Waals surface area contributed by atoms with Gasteiger partial charge in [-0.2, -0.15) is 0 Å². The second-order valence-corrected chi connectivity index (χ2v) is 4.92. The minimum Gasteiger partial charge on any atom is -0.348 e. The lowest BCUT2D eigenvalue weighted by Crippen LogP contribution is -2.36. The number of nitrogens with zero attached hydrogens (tertiary/aromatic N) is 1. The number of carbonyl (C=O) groups is 2. The maximum Gasteiger partial charge on any atom is 0.313 e. The first-order valence-electron chi connectivity index (χ1n) is 6.85. The highest BCUT2D eigenvalue weighted by atomic mass is 16.2. The molecule has 0 saturated heterocycles. The zero-order valence-corrected chi connectivity index (χ0v) is 12.4. The van der Waals surface area contributed by atoms with Crippen LogP contribution in [0.2, 0.25) is 0 Å². The van der Waals surface area contributed by atoms with Crippen molar-refractivity contribution in [2.75, 3.05) is 32.5 Å². The normalized spacial score (nSPS) is 10.4. The maximum absolute atomic E-state index is 11.7. The van der Waals surface area contributed by atoms with Gasteiger partial charge in [-0.25, -0.2) is 0 Å². The minimum atomic E-state index is -0.626. The van der Waals surface area contributed by atoms with E-state index >= 15 is 0 Å². The molecule has 2 N–H and O–H groups in total. The molecule has 0 atom stereocenters. The van der Waals surface area contributed by atoms with Crippen molar-refractivity contribution in [3.8, 4) is 0 Å². The Kier molecular flexibility index (Phi) is 6.73. The molecule has 1 aromatic carbocycles. The number of benzene rings is 1. The molecule has 5 heteroatoms. The molecule has 0 aromatic heterocycles. The van der Waals surface area contributed by atoms with E-state index in [0.717, 1.165) is 19.4 Å². The van der Waals surface area contributed by atoms with Crippen LogP contribution in [0.1, 0.15) is 18.9 Å². The fourth-order valence-electron chi connectivity index (χ4n) is 1.69. The molecule has 0 fully saturated rings. The Balaban J connectivity index is 2.35. The summed E-state index contributed by atoms with van der Waals surface area (Å²) in [5.41, 5.74) is 1.83. The lowest BCUT2D eigenvalue weighted by Gasteiger charge is -2.10. The predicted molar refractivity (Wildman–Crippen MR) is 80.6 cm³/mol. The van der Waals surface area contributed by atoms with Crippen molar-refractivity contribution in [1.29, 1.82) is 0 Å². The third kappa shape index (κ3) is 5.84. The number of hydrogen-bond acceptors (Lipinski definition) is 3. The molecule has 0 unspecified atom stereocenters. The van der Waals surface area contributed by atoms with Gasteiger partial charge in [0.15, 0.2) is 0 Å². The standard InChI is InChI=1S/C15H23N3O2/c1-4-12-6-8-13(9-7-12)17-15(20)14(19)16-10-5-11-18(2)3/h6-9H,4-5,10-11H2,1-3H3,(H,16,19)(H,17,20). The molecule has 0 heterocycles. The fourth-order valence-corrected chi connectivity index (χ4v) is 1.69. The molecule has 1 rings (SSSR count). The second kappa shape index (κ2) is 8.32. The van der Waals surface area contributed by atoms with E-state index in [9.17, 15) is 9.59 Å². The van der Waals surface area contributed by atoms with E-state index in [1.807, 2.05) is 31.1 Å². The van der Waals surface area contributed by atoms with Crippen molar-refractivity contribution in [2.45, 2.75) is 19.8 Å². The van der Waals surface area contributed by atoms with Crippen LogP contribution in [0, 0.1) is 0 Å². The molecule has 1 aromatic rings. The molecular formula is C15H23N3O2. The lowest BCUT2D eigenvalue weighted by atomic mass is 10.1. The van der Waals surface area contributed by atoms with Crippen LogP contribution in [0.25, 0.3) is 0 Å². The Morgan fingerprint density at radius 1 is 1.10 bits per heavy atom. The van der Waals surface area contributed by atoms with E-state index in [2.05, 4.69) is 17.6 Å². The van der Waals surface area contributed by atoms with Gasteiger partial charge in [0, 0.05) is 12.2 Å². The highest BCUT2D eigenvalue weighted by molar-refractivity contribution is 6.39. The Labute approximate surface area is 120 Å². The largest absolute Gasteiger partial charge is 0.348 e. The van der Waals surface area contributed by atoms with Gasteiger partial charge < -0.3 is 15.5 Å². The fraction of sp³-hybridized carbons (Fsp3) is 0.467. The molecule has 0 saturated carbocycles. The smallest absolute Gasteiger partial charge is 0.313 e. The van der Waals surface area contributed by atoms with Crippen molar-refractivity contribution in [2.24, 2.45) is 0 Å². The number of amides is 2. The Bertz CT molecular complexity index is 441. The van der Waals surface area contributed by atoms with Crippen LogP contribution in [-0.2, 0) is 16.0 Å². The van der Waals surface area contributed by atoms with Gasteiger partial charge in [-0.3, -0.25) is 9.59 Å². The van der Waals surface area contributed by atoms with E-state index in [-0.39, 0.29) is 0 Å². The van der Waals surface area contributed by atoms with Gasteiger partial charge in [0.05, 0.1) is 0 Å². The van der Waals surface area contributed by atoms with Crippen LogP contribution in [0.4, 0.5) is 5.69 Å². The molecule has 0 aliphatic heterocycles. The summed E-state index contributed by atoms with van der Waals surface area (Å²) in [5, 5.41) is 5.18. The van der Waals surface area contributed by atoms with E-state index in [4.69, 9.17) is 0 Å². The number of nitrogens with one attached hydrogen (secondary N) is 2. The number of rotatable bonds is 6. The summed E-state index contributed by atoms with van der Waals surface area (Å²) in [6, 6.07) is 7.47. The van der Waals surface area contributed by atoms with Crippen molar-refractivity contribution >= 4 is 17.5 Å². The van der Waals surface area contributed by atoms with Gasteiger partial charge >= 0.3 is 11.8 Å². The molecule has 0 spiro atoms. The highest BCUT2D eigenvalue weighted by Crippen LogP contribution is 2.09. The van der Waals surface area contributed by atoms with E-state index < -0.39 is 11.8 Å². The first kappa shape index (κ1) is 16.2. The SMILES string of the molecule is CCc1ccc(NC(=O)C(=O)NCCCN(C)C)cc1. The molecule has 0 bridgehead atoms. The Hall–Kier alpha value is -1.88. The van der Waals surface area contributed by atoms with Gasteiger partial charge in [0.25, 0.3) is 0 Å². The monoisotopic (exact) mass is 277 g/mol. The molecule has 5 nitrogen and oxygen atoms in total. The number of hydrogen-bond donors (Lipinski definition) is 2. The predicted octanol–water partition coefficient (Wildman–Crippen LogP) is 1.26. The van der Waals surface area contributed by atoms with Crippen LogP contribution < -0.4 is 10.6 Å². The second-order valence-electron chi connectivity index (χ2n) is 4.92. The number of anilines is 1. The number of aryl methyl sites for hydroxylation is 1. The van der Waals surface area contributed by atoms with Crippen LogP contribution in [-0.4, -0.2) is 43.9 Å². The van der Waals surface area contributed by atoms with E-state index in [1.54, 1.807) is 12.1 Å². The third-order valence-corrected chi connectivity index (χ3v) is 2.89. The molecule has 20 heavy (non-hydrogen) atoms. The van der Waals surface area contributed by atoms with Crippen molar-refractivity contribution in [3.05, 3.63) is 29.8 Å². The Morgan fingerprint density at radius 2 is 1.75 bits per heavy atom. The van der Waals surface area contributed by atoms with Crippen LogP contribution >= 0.6 is 0 Å². The van der Waals surface area contributed by atoms with Gasteiger partial charge in [-0.1, -0.05) is 19.1 Å². The van der Waals surface area contributed by atoms with Gasteiger partial charge in [-0.05, 0) is 51.2 Å². The zero-order chi connectivity index (χ0) is 15.0. The first-order chi connectivity index (χ1) is 9.52. The quantitative estimate of drug-likeness (QED) is 0.608. The van der Waals surface area contributed by atoms with E-state index in [0.29, 0.717) is 12.2 Å². The zero-order valence-electron chi connectivity index (χ0n) is 12.4. The molecule has 2 amide bonds. The summed E-state index contributed by atoms with van der Waals surface area (Å²) in [4.78, 5) is 25.3. The van der Waals surface area contributed by atoms with Crippen LogP contribution in [0.15, 0.2) is 24.3 Å². The summed E-state index contributed by atoms with van der Waals surface area (Å²) < 4.78 is 0.